The average Bonchev–Trinajstić information content (AvgIpc) is 2.91. The van der Waals surface area contributed by atoms with E-state index >= 15 is 0 Å². The number of hydrogen-bond donors (Lipinski definition) is 0. The van der Waals surface area contributed by atoms with Crippen molar-refractivity contribution in [3.8, 4) is 11.8 Å². The number of nitrogens with zero attached hydrogens (tertiary/aromatic N) is 1. The molecule has 1 aromatic rings. The van der Waals surface area contributed by atoms with Crippen molar-refractivity contribution in [3.05, 3.63) is 29.3 Å². The van der Waals surface area contributed by atoms with Gasteiger partial charge >= 0.3 is 0 Å². The largest absolute Gasteiger partial charge is 0.492 e. The minimum Gasteiger partial charge on any atom is -0.492 e. The van der Waals surface area contributed by atoms with Crippen molar-refractivity contribution < 1.29 is 23.0 Å². The van der Waals surface area contributed by atoms with Crippen LogP contribution in [-0.4, -0.2) is 25.1 Å². The first-order valence-electron chi connectivity index (χ1n) is 7.37. The van der Waals surface area contributed by atoms with Crippen molar-refractivity contribution in [1.82, 2.24) is 0 Å². The maximum Gasteiger partial charge on any atom is 0.168 e. The van der Waals surface area contributed by atoms with Crippen molar-refractivity contribution in [1.29, 1.82) is 5.26 Å². The molecule has 0 amide bonds. The fourth-order valence-electron chi connectivity index (χ4n) is 2.45. The van der Waals surface area contributed by atoms with E-state index in [0.717, 1.165) is 18.9 Å². The molecule has 0 spiro atoms. The molecule has 0 bridgehead atoms. The van der Waals surface area contributed by atoms with E-state index in [-0.39, 0.29) is 24.0 Å². The van der Waals surface area contributed by atoms with Crippen LogP contribution in [0.4, 0.5) is 8.78 Å². The van der Waals surface area contributed by atoms with Gasteiger partial charge in [-0.25, -0.2) is 8.78 Å². The Morgan fingerprint density at radius 3 is 2.68 bits per heavy atom. The number of rotatable bonds is 6. The number of halogens is 2. The zero-order valence-electron chi connectivity index (χ0n) is 12.7. The van der Waals surface area contributed by atoms with Crippen LogP contribution in [0.25, 0.3) is 0 Å². The molecule has 1 aromatic carbocycles. The number of nitriles is 1. The molecule has 0 aliphatic carbocycles. The molecule has 6 heteroatoms. The molecular formula is C16H19F2NO3. The van der Waals surface area contributed by atoms with Gasteiger partial charge in [0.25, 0.3) is 0 Å². The Morgan fingerprint density at radius 2 is 2.09 bits per heavy atom. The fraction of sp³-hybridized carbons (Fsp3) is 0.562. The van der Waals surface area contributed by atoms with E-state index in [1.54, 1.807) is 6.07 Å². The lowest BCUT2D eigenvalue weighted by Crippen LogP contribution is -2.29. The SMILES string of the molecule is CCC1(CC)OC[C@@H](CCOc2cc(F)cc(F)c2C#N)O1. The van der Waals surface area contributed by atoms with Crippen molar-refractivity contribution in [3.63, 3.8) is 0 Å². The summed E-state index contributed by atoms with van der Waals surface area (Å²) in [6, 6.07) is 3.35. The Morgan fingerprint density at radius 1 is 1.36 bits per heavy atom. The predicted octanol–water partition coefficient (Wildman–Crippen LogP) is 3.54. The van der Waals surface area contributed by atoms with E-state index in [4.69, 9.17) is 19.5 Å². The van der Waals surface area contributed by atoms with E-state index in [1.807, 2.05) is 13.8 Å². The van der Waals surface area contributed by atoms with Crippen LogP contribution in [0.1, 0.15) is 38.7 Å². The Balaban J connectivity index is 1.92. The third-order valence-electron chi connectivity index (χ3n) is 3.82. The lowest BCUT2D eigenvalue weighted by molar-refractivity contribution is -0.172. The summed E-state index contributed by atoms with van der Waals surface area (Å²) in [6.45, 7) is 4.65. The lowest BCUT2D eigenvalue weighted by atomic mass is 10.1. The van der Waals surface area contributed by atoms with Gasteiger partial charge in [0.15, 0.2) is 5.79 Å². The van der Waals surface area contributed by atoms with E-state index in [0.29, 0.717) is 19.1 Å². The number of hydrogen-bond acceptors (Lipinski definition) is 4. The predicted molar refractivity (Wildman–Crippen MR) is 75.3 cm³/mol. The molecule has 1 aliphatic rings. The second-order valence-electron chi connectivity index (χ2n) is 5.18. The smallest absolute Gasteiger partial charge is 0.168 e. The topological polar surface area (TPSA) is 51.5 Å². The van der Waals surface area contributed by atoms with E-state index in [9.17, 15) is 8.78 Å². The van der Waals surface area contributed by atoms with Crippen LogP contribution in [0.15, 0.2) is 12.1 Å². The van der Waals surface area contributed by atoms with Gasteiger partial charge in [-0.3, -0.25) is 0 Å². The molecule has 1 atom stereocenters. The first-order chi connectivity index (χ1) is 10.5. The van der Waals surface area contributed by atoms with E-state index in [2.05, 4.69) is 0 Å². The average molecular weight is 311 g/mol. The zero-order chi connectivity index (χ0) is 16.2. The standard InChI is InChI=1S/C16H19F2NO3/c1-3-16(4-2)21-10-12(22-16)5-6-20-15-8-11(17)7-14(18)13(15)9-19/h7-8,12H,3-6,10H2,1-2H3/t12-/m1/s1. The highest BCUT2D eigenvalue weighted by Crippen LogP contribution is 2.31. The highest BCUT2D eigenvalue weighted by Gasteiger charge is 2.38. The van der Waals surface area contributed by atoms with Crippen LogP contribution >= 0.6 is 0 Å². The van der Waals surface area contributed by atoms with Gasteiger partial charge in [-0.1, -0.05) is 13.8 Å². The van der Waals surface area contributed by atoms with Gasteiger partial charge in [0.1, 0.15) is 29.0 Å². The van der Waals surface area contributed by atoms with Crippen molar-refractivity contribution in [2.75, 3.05) is 13.2 Å². The number of benzene rings is 1. The first kappa shape index (κ1) is 16.7. The minimum atomic E-state index is -0.922. The molecule has 1 aliphatic heterocycles. The quantitative estimate of drug-likeness (QED) is 0.806. The van der Waals surface area contributed by atoms with Crippen LogP contribution in [0.2, 0.25) is 0 Å². The zero-order valence-corrected chi connectivity index (χ0v) is 12.7. The molecule has 22 heavy (non-hydrogen) atoms. The summed E-state index contributed by atoms with van der Waals surface area (Å²) >= 11 is 0. The van der Waals surface area contributed by atoms with E-state index < -0.39 is 17.4 Å². The summed E-state index contributed by atoms with van der Waals surface area (Å²) in [7, 11) is 0. The fourth-order valence-corrected chi connectivity index (χ4v) is 2.45. The van der Waals surface area contributed by atoms with Gasteiger partial charge < -0.3 is 14.2 Å². The molecule has 1 fully saturated rings. The van der Waals surface area contributed by atoms with Gasteiger partial charge in [-0.2, -0.15) is 5.26 Å². The second-order valence-corrected chi connectivity index (χ2v) is 5.18. The molecule has 2 rings (SSSR count). The summed E-state index contributed by atoms with van der Waals surface area (Å²) < 4.78 is 43.5. The van der Waals surface area contributed by atoms with Gasteiger partial charge in [0.05, 0.1) is 19.3 Å². The highest BCUT2D eigenvalue weighted by atomic mass is 19.1. The van der Waals surface area contributed by atoms with E-state index in [1.165, 1.54) is 0 Å². The Kier molecular flexibility index (Phi) is 5.33. The molecule has 0 radical (unpaired) electrons. The molecule has 0 N–H and O–H groups in total. The van der Waals surface area contributed by atoms with Gasteiger partial charge in [0, 0.05) is 18.6 Å². The maximum atomic E-state index is 13.4. The first-order valence-corrected chi connectivity index (χ1v) is 7.37. The van der Waals surface area contributed by atoms with Crippen LogP contribution in [0.3, 0.4) is 0 Å². The Labute approximate surface area is 128 Å². The second kappa shape index (κ2) is 7.03. The van der Waals surface area contributed by atoms with Gasteiger partial charge in [-0.15, -0.1) is 0 Å². The summed E-state index contributed by atoms with van der Waals surface area (Å²) in [6.07, 6.45) is 1.91. The Hall–Kier alpha value is -1.71. The lowest BCUT2D eigenvalue weighted by Gasteiger charge is -2.25. The summed E-state index contributed by atoms with van der Waals surface area (Å²) in [5.74, 6) is -2.32. The molecule has 4 nitrogen and oxygen atoms in total. The molecule has 0 aromatic heterocycles. The Bertz CT molecular complexity index is 567. The third-order valence-corrected chi connectivity index (χ3v) is 3.82. The van der Waals surface area contributed by atoms with Gasteiger partial charge in [-0.05, 0) is 12.8 Å². The third kappa shape index (κ3) is 3.54. The van der Waals surface area contributed by atoms with Crippen molar-refractivity contribution in [2.45, 2.75) is 45.0 Å². The molecule has 0 unspecified atom stereocenters. The van der Waals surface area contributed by atoms with Gasteiger partial charge in [0.2, 0.25) is 0 Å². The molecule has 120 valence electrons. The van der Waals surface area contributed by atoms with Crippen LogP contribution in [0.5, 0.6) is 5.75 Å². The van der Waals surface area contributed by atoms with Crippen LogP contribution in [-0.2, 0) is 9.47 Å². The minimum absolute atomic E-state index is 0.0869. The maximum absolute atomic E-state index is 13.4. The molecule has 1 saturated heterocycles. The molecule has 0 saturated carbocycles. The normalized spacial score (nSPS) is 19.9. The van der Waals surface area contributed by atoms with Crippen molar-refractivity contribution >= 4 is 0 Å². The van der Waals surface area contributed by atoms with Crippen molar-refractivity contribution in [2.24, 2.45) is 0 Å². The summed E-state index contributed by atoms with van der Waals surface area (Å²) in [4.78, 5) is 0. The number of ether oxygens (including phenoxy) is 3. The molecular weight excluding hydrogens is 292 g/mol. The highest BCUT2D eigenvalue weighted by molar-refractivity contribution is 5.44. The monoisotopic (exact) mass is 311 g/mol. The van der Waals surface area contributed by atoms with Crippen LogP contribution < -0.4 is 4.74 Å². The molecule has 1 heterocycles. The summed E-state index contributed by atoms with van der Waals surface area (Å²) in [5, 5.41) is 8.90. The summed E-state index contributed by atoms with van der Waals surface area (Å²) in [5.41, 5.74) is -0.290. The van der Waals surface area contributed by atoms with Crippen LogP contribution in [0, 0.1) is 23.0 Å².